The van der Waals surface area contributed by atoms with Crippen LogP contribution in [0.2, 0.25) is 0 Å². The van der Waals surface area contributed by atoms with Gasteiger partial charge in [0.2, 0.25) is 7.98 Å². The van der Waals surface area contributed by atoms with Crippen molar-refractivity contribution in [1.82, 2.24) is 0 Å². The van der Waals surface area contributed by atoms with Crippen LogP contribution in [0.3, 0.4) is 0 Å². The van der Waals surface area contributed by atoms with Crippen LogP contribution >= 0.6 is 0 Å². The summed E-state index contributed by atoms with van der Waals surface area (Å²) in [6, 6.07) is 7.03. The van der Waals surface area contributed by atoms with E-state index in [0.29, 0.717) is 11.3 Å². The number of hydrogen-bond acceptors (Lipinski definition) is 4. The highest BCUT2D eigenvalue weighted by molar-refractivity contribution is 6.11. The molecule has 0 fully saturated rings. The Morgan fingerprint density at radius 1 is 1.26 bits per heavy atom. The predicted molar refractivity (Wildman–Crippen MR) is 68.6 cm³/mol. The largest absolute Gasteiger partial charge is 0.471 e. The second-order valence-electron chi connectivity index (χ2n) is 3.76. The third-order valence-corrected chi connectivity index (χ3v) is 2.38. The van der Waals surface area contributed by atoms with Gasteiger partial charge in [0.1, 0.15) is 5.71 Å². The summed E-state index contributed by atoms with van der Waals surface area (Å²) >= 11 is 0. The molecule has 1 aliphatic rings. The highest BCUT2D eigenvalue weighted by atomic mass is 19.4. The zero-order valence-corrected chi connectivity index (χ0v) is 9.98. The minimum atomic E-state index is -4.60. The Morgan fingerprint density at radius 2 is 1.95 bits per heavy atom. The van der Waals surface area contributed by atoms with Crippen LogP contribution in [0.25, 0.3) is 0 Å². The summed E-state index contributed by atoms with van der Waals surface area (Å²) in [5.74, 6) is -1.31. The van der Waals surface area contributed by atoms with Crippen molar-refractivity contribution in [2.75, 3.05) is 6.54 Å². The van der Waals surface area contributed by atoms with Gasteiger partial charge in [-0.05, 0) is 5.56 Å². The topological polar surface area (TPSA) is 46.3 Å². The van der Waals surface area contributed by atoms with Crippen LogP contribution in [0.1, 0.15) is 11.1 Å². The summed E-state index contributed by atoms with van der Waals surface area (Å²) in [7, 11) is 1.65. The molecule has 0 saturated carbocycles. The summed E-state index contributed by atoms with van der Waals surface area (Å²) in [5, 5.41) is 3.46. The molecule has 0 amide bonds. The molecular formula is C11H9BF3N3O. The maximum absolute atomic E-state index is 12.3. The number of oxime groups is 1. The SMILES string of the molecule is B/N=C\c1ccc(C2=NOC(C(F)(F)F)=NC2)cc1. The molecular weight excluding hydrogens is 258 g/mol. The highest BCUT2D eigenvalue weighted by Gasteiger charge is 2.40. The number of alkyl halides is 3. The van der Waals surface area contributed by atoms with Crippen molar-refractivity contribution in [1.29, 1.82) is 0 Å². The van der Waals surface area contributed by atoms with Crippen LogP contribution < -0.4 is 0 Å². The molecule has 2 rings (SSSR count). The van der Waals surface area contributed by atoms with Crippen molar-refractivity contribution in [3.8, 4) is 0 Å². The van der Waals surface area contributed by atoms with E-state index < -0.39 is 12.1 Å². The Balaban J connectivity index is 2.11. The maximum Gasteiger partial charge on any atom is 0.471 e. The number of hydrogen-bond donors (Lipinski definition) is 0. The van der Waals surface area contributed by atoms with Crippen molar-refractivity contribution < 1.29 is 18.0 Å². The fraction of sp³-hybridized carbons (Fsp3) is 0.182. The van der Waals surface area contributed by atoms with Gasteiger partial charge in [-0.1, -0.05) is 29.4 Å². The van der Waals surface area contributed by atoms with Crippen molar-refractivity contribution in [3.63, 3.8) is 0 Å². The summed E-state index contributed by atoms with van der Waals surface area (Å²) in [6.07, 6.45) is -2.93. The van der Waals surface area contributed by atoms with Crippen molar-refractivity contribution in [2.45, 2.75) is 6.18 Å². The zero-order chi connectivity index (χ0) is 13.9. The van der Waals surface area contributed by atoms with Crippen molar-refractivity contribution >= 4 is 25.8 Å². The number of aliphatic imine (C=N–C) groups is 1. The lowest BCUT2D eigenvalue weighted by molar-refractivity contribution is -0.0787. The first-order chi connectivity index (χ1) is 9.00. The fourth-order valence-corrected chi connectivity index (χ4v) is 1.50. The Labute approximate surface area is 108 Å². The average molecular weight is 267 g/mol. The highest BCUT2D eigenvalue weighted by Crippen LogP contribution is 2.21. The standard InChI is InChI=1S/C11H9BF3N3O/c12-17-5-7-1-3-8(4-2-7)9-6-16-10(19-18-9)11(13,14)15/h1-5H,6,12H2/b17-5-. The quantitative estimate of drug-likeness (QED) is 0.589. The number of halogens is 3. The van der Waals surface area contributed by atoms with E-state index in [4.69, 9.17) is 0 Å². The first-order valence-electron chi connectivity index (χ1n) is 5.39. The van der Waals surface area contributed by atoms with Crippen LogP contribution in [0.4, 0.5) is 13.2 Å². The number of nitrogens with zero attached hydrogens (tertiary/aromatic N) is 3. The van der Waals surface area contributed by atoms with Crippen LogP contribution in [0.5, 0.6) is 0 Å². The molecule has 1 aromatic rings. The van der Waals surface area contributed by atoms with Crippen LogP contribution in [0, 0.1) is 0 Å². The minimum Gasteiger partial charge on any atom is -0.358 e. The molecule has 1 aliphatic heterocycles. The normalized spacial score (nSPS) is 15.9. The lowest BCUT2D eigenvalue weighted by Crippen LogP contribution is -2.29. The average Bonchev–Trinajstić information content (AvgIpc) is 2.39. The lowest BCUT2D eigenvalue weighted by Gasteiger charge is -2.13. The molecule has 0 atom stereocenters. The fourth-order valence-electron chi connectivity index (χ4n) is 1.50. The van der Waals surface area contributed by atoms with E-state index in [1.165, 1.54) is 0 Å². The summed E-state index contributed by atoms with van der Waals surface area (Å²) in [6.45, 7) is -0.157. The molecule has 19 heavy (non-hydrogen) atoms. The zero-order valence-electron chi connectivity index (χ0n) is 9.98. The first-order valence-corrected chi connectivity index (χ1v) is 5.39. The summed E-state index contributed by atoms with van der Waals surface area (Å²) in [4.78, 5) is 11.5. The van der Waals surface area contributed by atoms with Gasteiger partial charge < -0.3 is 9.74 Å². The van der Waals surface area contributed by atoms with E-state index in [9.17, 15) is 13.2 Å². The minimum absolute atomic E-state index is 0.157. The molecule has 0 bridgehead atoms. The van der Waals surface area contributed by atoms with Crippen LogP contribution in [0.15, 0.2) is 39.3 Å². The molecule has 0 radical (unpaired) electrons. The van der Waals surface area contributed by atoms with Gasteiger partial charge in [0, 0.05) is 11.8 Å². The monoisotopic (exact) mass is 267 g/mol. The van der Waals surface area contributed by atoms with Gasteiger partial charge in [0.25, 0.3) is 0 Å². The lowest BCUT2D eigenvalue weighted by atomic mass is 10.1. The first kappa shape index (κ1) is 13.3. The van der Waals surface area contributed by atoms with Crippen molar-refractivity contribution in [3.05, 3.63) is 35.4 Å². The second-order valence-corrected chi connectivity index (χ2v) is 3.76. The number of rotatable bonds is 2. The van der Waals surface area contributed by atoms with Gasteiger partial charge in [-0.3, -0.25) is 0 Å². The van der Waals surface area contributed by atoms with E-state index in [1.54, 1.807) is 38.5 Å². The van der Waals surface area contributed by atoms with E-state index in [2.05, 4.69) is 19.9 Å². The van der Waals surface area contributed by atoms with E-state index in [1.807, 2.05) is 0 Å². The summed E-state index contributed by atoms with van der Waals surface area (Å²) in [5.41, 5.74) is 1.91. The van der Waals surface area contributed by atoms with E-state index in [0.717, 1.165) is 5.56 Å². The van der Waals surface area contributed by atoms with Gasteiger partial charge in [-0.25, -0.2) is 4.99 Å². The van der Waals surface area contributed by atoms with Gasteiger partial charge in [-0.2, -0.15) is 13.2 Å². The molecule has 8 heteroatoms. The number of benzene rings is 1. The van der Waals surface area contributed by atoms with E-state index >= 15 is 0 Å². The summed E-state index contributed by atoms with van der Waals surface area (Å²) < 4.78 is 36.8. The molecule has 98 valence electrons. The van der Waals surface area contributed by atoms with Gasteiger partial charge in [0.15, 0.2) is 0 Å². The second kappa shape index (κ2) is 5.25. The predicted octanol–water partition coefficient (Wildman–Crippen LogP) is 1.35. The Morgan fingerprint density at radius 3 is 2.42 bits per heavy atom. The smallest absolute Gasteiger partial charge is 0.358 e. The van der Waals surface area contributed by atoms with Crippen LogP contribution in [-0.4, -0.2) is 38.5 Å². The maximum atomic E-state index is 12.3. The Bertz CT molecular complexity index is 549. The molecule has 0 N–H and O–H groups in total. The molecule has 0 spiro atoms. The Kier molecular flexibility index (Phi) is 3.68. The van der Waals surface area contributed by atoms with Gasteiger partial charge in [0.05, 0.1) is 6.54 Å². The molecule has 0 saturated heterocycles. The molecule has 0 aromatic heterocycles. The van der Waals surface area contributed by atoms with E-state index in [-0.39, 0.29) is 6.54 Å². The molecule has 4 nitrogen and oxygen atoms in total. The van der Waals surface area contributed by atoms with Crippen molar-refractivity contribution in [2.24, 2.45) is 15.1 Å². The molecule has 1 heterocycles. The molecule has 1 aromatic carbocycles. The van der Waals surface area contributed by atoms with Crippen LogP contribution in [-0.2, 0) is 4.84 Å². The molecule has 0 unspecified atom stereocenters. The molecule has 0 aliphatic carbocycles. The van der Waals surface area contributed by atoms with Gasteiger partial charge >= 0.3 is 12.1 Å². The third kappa shape index (κ3) is 3.21. The Hall–Kier alpha value is -2.12. The third-order valence-electron chi connectivity index (χ3n) is 2.38. The van der Waals surface area contributed by atoms with Gasteiger partial charge in [-0.15, -0.1) is 0 Å².